The van der Waals surface area contributed by atoms with Crippen LogP contribution in [-0.2, 0) is 16.0 Å². The summed E-state index contributed by atoms with van der Waals surface area (Å²) in [4.78, 5) is 32.3. The summed E-state index contributed by atoms with van der Waals surface area (Å²) in [6.45, 7) is 7.52. The molecule has 6 nitrogen and oxygen atoms in total. The van der Waals surface area contributed by atoms with Gasteiger partial charge in [-0.05, 0) is 68.1 Å². The molecule has 0 spiro atoms. The van der Waals surface area contributed by atoms with E-state index in [1.165, 1.54) is 19.1 Å². The highest BCUT2D eigenvalue weighted by Crippen LogP contribution is 2.39. The van der Waals surface area contributed by atoms with E-state index in [1.807, 2.05) is 6.07 Å². The number of ether oxygens (including phenoxy) is 1. The molecule has 2 aliphatic carbocycles. The molecule has 1 heterocycles. The Hall–Kier alpha value is -2.63. The van der Waals surface area contributed by atoms with Gasteiger partial charge in [0.15, 0.2) is 0 Å². The number of methoxy groups -OCH3 is 1. The van der Waals surface area contributed by atoms with Crippen molar-refractivity contribution >= 4 is 22.9 Å². The van der Waals surface area contributed by atoms with Crippen molar-refractivity contribution in [2.24, 2.45) is 29.6 Å². The number of H-pyrrole nitrogens is 1. The van der Waals surface area contributed by atoms with Gasteiger partial charge in [0, 0.05) is 18.9 Å². The molecule has 1 aromatic heterocycles. The van der Waals surface area contributed by atoms with Crippen molar-refractivity contribution in [3.8, 4) is 0 Å². The molecule has 2 aromatic rings. The summed E-state index contributed by atoms with van der Waals surface area (Å²) in [5.41, 5.74) is 3.62. The fourth-order valence-electron chi connectivity index (χ4n) is 5.18. The van der Waals surface area contributed by atoms with Gasteiger partial charge in [-0.25, -0.2) is 9.78 Å². The third-order valence-electron chi connectivity index (χ3n) is 7.46. The number of hydrogen-bond donors (Lipinski definition) is 2. The molecule has 2 N–H and O–H groups in total. The number of benzene rings is 1. The van der Waals surface area contributed by atoms with Crippen LogP contribution >= 0.6 is 0 Å². The highest BCUT2D eigenvalue weighted by molar-refractivity contribution is 5.93. The van der Waals surface area contributed by atoms with Gasteiger partial charge in [0.2, 0.25) is 5.91 Å². The second-order valence-electron chi connectivity index (χ2n) is 9.90. The van der Waals surface area contributed by atoms with Gasteiger partial charge in [-0.3, -0.25) is 4.79 Å². The maximum absolute atomic E-state index is 12.3. The molecule has 0 bridgehead atoms. The molecule has 1 amide bonds. The molecule has 32 heavy (non-hydrogen) atoms. The van der Waals surface area contributed by atoms with E-state index in [0.29, 0.717) is 29.2 Å². The van der Waals surface area contributed by atoms with E-state index in [4.69, 9.17) is 9.72 Å². The number of aromatic nitrogens is 2. The number of fused-ring (bicyclic) bond motifs is 1. The van der Waals surface area contributed by atoms with E-state index in [2.05, 4.69) is 37.1 Å². The van der Waals surface area contributed by atoms with Gasteiger partial charge in [0.1, 0.15) is 5.82 Å². The number of nitrogens with one attached hydrogen (secondary N) is 2. The number of aromatic amines is 1. The predicted molar refractivity (Wildman–Crippen MR) is 125 cm³/mol. The van der Waals surface area contributed by atoms with Crippen molar-refractivity contribution in [3.05, 3.63) is 41.2 Å². The molecule has 1 saturated carbocycles. The van der Waals surface area contributed by atoms with Gasteiger partial charge in [-0.1, -0.05) is 31.9 Å². The number of carbonyl (C=O) groups excluding carboxylic acids is 2. The number of hydrogen-bond acceptors (Lipinski definition) is 4. The van der Waals surface area contributed by atoms with Crippen molar-refractivity contribution in [2.45, 2.75) is 52.9 Å². The summed E-state index contributed by atoms with van der Waals surface area (Å²) in [5, 5.41) is 3.22. The fourth-order valence-corrected chi connectivity index (χ4v) is 5.18. The molecule has 172 valence electrons. The Bertz CT molecular complexity index is 1020. The lowest BCUT2D eigenvalue weighted by Gasteiger charge is -2.37. The Labute approximate surface area is 190 Å². The molecule has 1 fully saturated rings. The molecule has 3 atom stereocenters. The van der Waals surface area contributed by atoms with Crippen LogP contribution in [0.15, 0.2) is 29.8 Å². The third-order valence-corrected chi connectivity index (χ3v) is 7.46. The Morgan fingerprint density at radius 2 is 2.06 bits per heavy atom. The Morgan fingerprint density at radius 3 is 2.72 bits per heavy atom. The molecular weight excluding hydrogens is 402 g/mol. The first-order valence-corrected chi connectivity index (χ1v) is 11.9. The van der Waals surface area contributed by atoms with Crippen LogP contribution in [0.4, 0.5) is 0 Å². The quantitative estimate of drug-likeness (QED) is 0.487. The van der Waals surface area contributed by atoms with Crippen LogP contribution in [0, 0.1) is 29.6 Å². The Morgan fingerprint density at radius 1 is 1.28 bits per heavy atom. The summed E-state index contributed by atoms with van der Waals surface area (Å²) in [7, 11) is 1.39. The van der Waals surface area contributed by atoms with Crippen LogP contribution < -0.4 is 5.32 Å². The smallest absolute Gasteiger partial charge is 0.337 e. The Kier molecular flexibility index (Phi) is 6.68. The second kappa shape index (κ2) is 9.47. The summed E-state index contributed by atoms with van der Waals surface area (Å²) in [6, 6.07) is 5.42. The van der Waals surface area contributed by atoms with E-state index < -0.39 is 0 Å². The standard InChI is InChI=1S/C26H35N3O3/c1-15(2)21-11-19(16(3)10-20(21)14-27-25(30)17-6-5-7-17)13-24-28-22-9-8-18(26(31)32-4)12-23(22)29-24/h8-10,12,15,17,19-21H,5-7,11,13-14H2,1-4H3,(H,27,30)(H,28,29)/t19-,20-,21-/m0/s1. The molecule has 4 rings (SSSR count). The number of amides is 1. The zero-order valence-electron chi connectivity index (χ0n) is 19.6. The number of esters is 1. The van der Waals surface area contributed by atoms with Gasteiger partial charge < -0.3 is 15.0 Å². The summed E-state index contributed by atoms with van der Waals surface area (Å²) in [5.74, 6) is 2.95. The third kappa shape index (κ3) is 4.74. The molecule has 6 heteroatoms. The van der Waals surface area contributed by atoms with E-state index in [1.54, 1.807) is 12.1 Å². The van der Waals surface area contributed by atoms with Crippen molar-refractivity contribution < 1.29 is 14.3 Å². The van der Waals surface area contributed by atoms with Crippen molar-refractivity contribution in [1.29, 1.82) is 0 Å². The molecule has 0 aliphatic heterocycles. The van der Waals surface area contributed by atoms with E-state index in [0.717, 1.165) is 49.1 Å². The number of imidazole rings is 1. The second-order valence-corrected chi connectivity index (χ2v) is 9.90. The lowest BCUT2D eigenvalue weighted by molar-refractivity contribution is -0.127. The minimum absolute atomic E-state index is 0.237. The SMILES string of the molecule is COC(=O)c1ccc2nc(C[C@@H]3C[C@@H](C(C)C)[C@H](CNC(=O)C4CCC4)C=C3C)[nH]c2c1. The lowest BCUT2D eigenvalue weighted by atomic mass is 9.69. The maximum Gasteiger partial charge on any atom is 0.337 e. The minimum atomic E-state index is -0.343. The zero-order valence-corrected chi connectivity index (χ0v) is 19.6. The van der Waals surface area contributed by atoms with Crippen LogP contribution in [0.25, 0.3) is 11.0 Å². The number of allylic oxidation sites excluding steroid dienone is 1. The topological polar surface area (TPSA) is 84.1 Å². The molecule has 0 radical (unpaired) electrons. The van der Waals surface area contributed by atoms with E-state index in [9.17, 15) is 9.59 Å². The highest BCUT2D eigenvalue weighted by atomic mass is 16.5. The van der Waals surface area contributed by atoms with Gasteiger partial charge in [-0.2, -0.15) is 0 Å². The fraction of sp³-hybridized carbons (Fsp3) is 0.577. The number of rotatable bonds is 7. The van der Waals surface area contributed by atoms with Crippen LogP contribution in [-0.4, -0.2) is 35.5 Å². The van der Waals surface area contributed by atoms with Gasteiger partial charge >= 0.3 is 5.97 Å². The van der Waals surface area contributed by atoms with Crippen LogP contribution in [0.1, 0.15) is 62.6 Å². The maximum atomic E-state index is 12.3. The largest absolute Gasteiger partial charge is 0.465 e. The average Bonchev–Trinajstić information content (AvgIpc) is 3.13. The molecule has 1 aromatic carbocycles. The molecular formula is C26H35N3O3. The highest BCUT2D eigenvalue weighted by Gasteiger charge is 2.33. The predicted octanol–water partition coefficient (Wildman–Crippen LogP) is 4.66. The van der Waals surface area contributed by atoms with Crippen molar-refractivity contribution in [3.63, 3.8) is 0 Å². The zero-order chi connectivity index (χ0) is 22.8. The number of nitrogens with zero attached hydrogens (tertiary/aromatic N) is 1. The van der Waals surface area contributed by atoms with Gasteiger partial charge in [-0.15, -0.1) is 0 Å². The molecule has 0 unspecified atom stereocenters. The van der Waals surface area contributed by atoms with Crippen molar-refractivity contribution in [2.75, 3.05) is 13.7 Å². The monoisotopic (exact) mass is 437 g/mol. The van der Waals surface area contributed by atoms with Gasteiger partial charge in [0.25, 0.3) is 0 Å². The van der Waals surface area contributed by atoms with Crippen LogP contribution in [0.5, 0.6) is 0 Å². The van der Waals surface area contributed by atoms with Crippen LogP contribution in [0.2, 0.25) is 0 Å². The lowest BCUT2D eigenvalue weighted by Crippen LogP contribution is -2.40. The first-order chi connectivity index (χ1) is 15.4. The van der Waals surface area contributed by atoms with Crippen molar-refractivity contribution in [1.82, 2.24) is 15.3 Å². The summed E-state index contributed by atoms with van der Waals surface area (Å²) >= 11 is 0. The Balaban J connectivity index is 1.46. The number of carbonyl (C=O) groups is 2. The van der Waals surface area contributed by atoms with E-state index in [-0.39, 0.29) is 17.8 Å². The molecule has 0 saturated heterocycles. The average molecular weight is 438 g/mol. The van der Waals surface area contributed by atoms with Crippen LogP contribution in [0.3, 0.4) is 0 Å². The summed E-state index contributed by atoms with van der Waals surface area (Å²) in [6.07, 6.45) is 7.59. The normalized spacial score (nSPS) is 23.7. The van der Waals surface area contributed by atoms with E-state index >= 15 is 0 Å². The minimum Gasteiger partial charge on any atom is -0.465 e. The summed E-state index contributed by atoms with van der Waals surface area (Å²) < 4.78 is 4.82. The first-order valence-electron chi connectivity index (χ1n) is 11.9. The van der Waals surface area contributed by atoms with Gasteiger partial charge in [0.05, 0.1) is 23.7 Å². The molecule has 2 aliphatic rings. The first kappa shape index (κ1) is 22.6.